The second kappa shape index (κ2) is 6.34. The molecule has 1 spiro atoms. The molecular formula is C17H25NO3. The van der Waals surface area contributed by atoms with Gasteiger partial charge in [-0.05, 0) is 31.0 Å². The van der Waals surface area contributed by atoms with Gasteiger partial charge < -0.3 is 14.2 Å². The lowest BCUT2D eigenvalue weighted by Gasteiger charge is -2.53. The summed E-state index contributed by atoms with van der Waals surface area (Å²) in [6, 6.07) is 8.29. The number of likely N-dealkylation sites (tertiary alicyclic amines) is 1. The number of nitrogens with zero attached hydrogens (tertiary/aromatic N) is 1. The second-order valence-corrected chi connectivity index (χ2v) is 6.10. The van der Waals surface area contributed by atoms with Gasteiger partial charge in [-0.1, -0.05) is 12.1 Å². The van der Waals surface area contributed by atoms with Crippen LogP contribution in [-0.4, -0.2) is 50.0 Å². The summed E-state index contributed by atoms with van der Waals surface area (Å²) in [5.41, 5.74) is 1.33. The predicted octanol–water partition coefficient (Wildman–Crippen LogP) is 2.47. The minimum atomic E-state index is 0.0386. The van der Waals surface area contributed by atoms with E-state index in [0.717, 1.165) is 51.4 Å². The van der Waals surface area contributed by atoms with Gasteiger partial charge >= 0.3 is 0 Å². The molecule has 2 heterocycles. The fourth-order valence-electron chi connectivity index (χ4n) is 3.49. The monoisotopic (exact) mass is 291 g/mol. The minimum absolute atomic E-state index is 0.0386. The second-order valence-electron chi connectivity index (χ2n) is 6.10. The van der Waals surface area contributed by atoms with Crippen LogP contribution in [0.25, 0.3) is 0 Å². The highest BCUT2D eigenvalue weighted by Crippen LogP contribution is 2.36. The zero-order valence-corrected chi connectivity index (χ0v) is 13.0. The lowest BCUT2D eigenvalue weighted by Crippen LogP contribution is -2.65. The first-order valence-corrected chi connectivity index (χ1v) is 7.84. The van der Waals surface area contributed by atoms with Gasteiger partial charge in [-0.2, -0.15) is 0 Å². The smallest absolute Gasteiger partial charge is 0.119 e. The topological polar surface area (TPSA) is 30.9 Å². The van der Waals surface area contributed by atoms with Crippen molar-refractivity contribution in [1.29, 1.82) is 0 Å². The molecule has 21 heavy (non-hydrogen) atoms. The van der Waals surface area contributed by atoms with Crippen molar-refractivity contribution >= 4 is 0 Å². The fraction of sp³-hybridized carbons (Fsp3) is 0.647. The van der Waals surface area contributed by atoms with E-state index in [4.69, 9.17) is 14.2 Å². The Labute approximate surface area is 127 Å². The molecule has 2 saturated heterocycles. The molecule has 2 fully saturated rings. The fourth-order valence-corrected chi connectivity index (χ4v) is 3.49. The largest absolute Gasteiger partial charge is 0.497 e. The highest BCUT2D eigenvalue weighted by molar-refractivity contribution is 5.28. The highest BCUT2D eigenvalue weighted by Gasteiger charge is 2.47. The van der Waals surface area contributed by atoms with E-state index >= 15 is 0 Å². The van der Waals surface area contributed by atoms with Crippen LogP contribution in [0.1, 0.15) is 25.3 Å². The Balaban J connectivity index is 1.52. The molecule has 3 rings (SSSR count). The van der Waals surface area contributed by atoms with Gasteiger partial charge in [0, 0.05) is 39.3 Å². The highest BCUT2D eigenvalue weighted by atomic mass is 16.5. The Morgan fingerprint density at radius 1 is 1.38 bits per heavy atom. The maximum Gasteiger partial charge on any atom is 0.119 e. The van der Waals surface area contributed by atoms with Crippen molar-refractivity contribution in [2.45, 2.75) is 38.0 Å². The van der Waals surface area contributed by atoms with E-state index in [0.29, 0.717) is 6.10 Å². The van der Waals surface area contributed by atoms with Crippen molar-refractivity contribution in [1.82, 2.24) is 4.90 Å². The molecule has 0 aromatic heterocycles. The molecule has 0 N–H and O–H groups in total. The first-order valence-electron chi connectivity index (χ1n) is 7.84. The van der Waals surface area contributed by atoms with Crippen LogP contribution in [0.5, 0.6) is 5.75 Å². The Morgan fingerprint density at radius 2 is 2.24 bits per heavy atom. The molecule has 2 aliphatic heterocycles. The van der Waals surface area contributed by atoms with E-state index in [-0.39, 0.29) is 5.60 Å². The molecule has 0 saturated carbocycles. The van der Waals surface area contributed by atoms with Crippen LogP contribution in [0.15, 0.2) is 24.3 Å². The summed E-state index contributed by atoms with van der Waals surface area (Å²) in [6.07, 6.45) is 2.45. The number of benzene rings is 1. The number of methoxy groups -OCH3 is 1. The molecule has 116 valence electrons. The van der Waals surface area contributed by atoms with Gasteiger partial charge in [-0.3, -0.25) is 4.90 Å². The summed E-state index contributed by atoms with van der Waals surface area (Å²) in [7, 11) is 1.71. The quantitative estimate of drug-likeness (QED) is 0.834. The molecule has 0 unspecified atom stereocenters. The number of hydrogen-bond acceptors (Lipinski definition) is 4. The van der Waals surface area contributed by atoms with Crippen molar-refractivity contribution in [2.75, 3.05) is 33.4 Å². The molecule has 1 aromatic rings. The van der Waals surface area contributed by atoms with Crippen molar-refractivity contribution in [3.05, 3.63) is 29.8 Å². The summed E-state index contributed by atoms with van der Waals surface area (Å²) < 4.78 is 17.1. The number of rotatable bonds is 5. The van der Waals surface area contributed by atoms with E-state index < -0.39 is 0 Å². The minimum Gasteiger partial charge on any atom is -0.497 e. The van der Waals surface area contributed by atoms with E-state index in [9.17, 15) is 0 Å². The Bertz CT molecular complexity index is 469. The van der Waals surface area contributed by atoms with Crippen LogP contribution < -0.4 is 4.74 Å². The molecule has 4 nitrogen and oxygen atoms in total. The van der Waals surface area contributed by atoms with E-state index in [1.54, 1.807) is 7.11 Å². The molecule has 4 heteroatoms. The molecule has 1 atom stereocenters. The molecular weight excluding hydrogens is 266 g/mol. The van der Waals surface area contributed by atoms with Crippen LogP contribution in [0.3, 0.4) is 0 Å². The summed E-state index contributed by atoms with van der Waals surface area (Å²) in [5, 5.41) is 0. The lowest BCUT2D eigenvalue weighted by atomic mass is 9.84. The zero-order valence-electron chi connectivity index (χ0n) is 13.0. The molecule has 0 aliphatic carbocycles. The third-order valence-electron chi connectivity index (χ3n) is 4.41. The van der Waals surface area contributed by atoms with Gasteiger partial charge in [0.25, 0.3) is 0 Å². The van der Waals surface area contributed by atoms with E-state index in [1.807, 2.05) is 12.1 Å². The summed E-state index contributed by atoms with van der Waals surface area (Å²) >= 11 is 0. The molecule has 0 amide bonds. The van der Waals surface area contributed by atoms with Crippen LogP contribution in [0.4, 0.5) is 0 Å². The van der Waals surface area contributed by atoms with E-state index in [1.165, 1.54) is 5.56 Å². The molecule has 0 bridgehead atoms. The van der Waals surface area contributed by atoms with Crippen molar-refractivity contribution in [2.24, 2.45) is 0 Å². The van der Waals surface area contributed by atoms with Crippen molar-refractivity contribution in [3.63, 3.8) is 0 Å². The predicted molar refractivity (Wildman–Crippen MR) is 81.6 cm³/mol. The summed E-state index contributed by atoms with van der Waals surface area (Å²) in [5.74, 6) is 0.924. The zero-order chi connectivity index (χ0) is 14.7. The molecule has 1 aromatic carbocycles. The van der Waals surface area contributed by atoms with Crippen LogP contribution in [0.2, 0.25) is 0 Å². The summed E-state index contributed by atoms with van der Waals surface area (Å²) in [6.45, 7) is 6.67. The van der Waals surface area contributed by atoms with Crippen LogP contribution >= 0.6 is 0 Å². The first kappa shape index (κ1) is 14.8. The van der Waals surface area contributed by atoms with Gasteiger partial charge in [0.2, 0.25) is 0 Å². The number of ether oxygens (including phenoxy) is 3. The lowest BCUT2D eigenvalue weighted by molar-refractivity contribution is -0.198. The van der Waals surface area contributed by atoms with Gasteiger partial charge in [0.1, 0.15) is 5.75 Å². The first-order chi connectivity index (χ1) is 10.2. The van der Waals surface area contributed by atoms with Crippen molar-refractivity contribution < 1.29 is 14.2 Å². The van der Waals surface area contributed by atoms with Crippen LogP contribution in [-0.2, 0) is 16.0 Å². The Morgan fingerprint density at radius 3 is 3.00 bits per heavy atom. The third kappa shape index (κ3) is 3.39. The summed E-state index contributed by atoms with van der Waals surface area (Å²) in [4.78, 5) is 2.43. The molecule has 2 aliphatic rings. The van der Waals surface area contributed by atoms with Gasteiger partial charge in [-0.15, -0.1) is 0 Å². The maximum absolute atomic E-state index is 6.04. The van der Waals surface area contributed by atoms with Crippen LogP contribution in [0, 0.1) is 0 Å². The standard InChI is InChI=1S/C17H25NO3/c1-3-20-16-7-8-21-17(10-16)12-18(13-17)11-14-5-4-6-15(9-14)19-2/h4-6,9,16H,3,7-8,10-13H2,1-2H3/t16-/m1/s1. The van der Waals surface area contributed by atoms with Gasteiger partial charge in [0.15, 0.2) is 0 Å². The van der Waals surface area contributed by atoms with Gasteiger partial charge in [-0.25, -0.2) is 0 Å². The van der Waals surface area contributed by atoms with Crippen molar-refractivity contribution in [3.8, 4) is 5.75 Å². The third-order valence-corrected chi connectivity index (χ3v) is 4.41. The normalized spacial score (nSPS) is 24.8. The van der Waals surface area contributed by atoms with E-state index in [2.05, 4.69) is 24.0 Å². The molecule has 0 radical (unpaired) electrons. The average Bonchev–Trinajstić information content (AvgIpc) is 2.47. The maximum atomic E-state index is 6.04. The SMILES string of the molecule is CCO[C@@H]1CCOC2(C1)CN(Cc1cccc(OC)c1)C2. The van der Waals surface area contributed by atoms with Gasteiger partial charge in [0.05, 0.1) is 18.8 Å². The Hall–Kier alpha value is -1.10. The average molecular weight is 291 g/mol. The number of hydrogen-bond donors (Lipinski definition) is 0. The Kier molecular flexibility index (Phi) is 4.48.